The quantitative estimate of drug-likeness (QED) is 0.0500. The van der Waals surface area contributed by atoms with Gasteiger partial charge in [-0.05, 0) is 152 Å². The van der Waals surface area contributed by atoms with Crippen LogP contribution in [0.25, 0.3) is 38.2 Å². The number of para-hydroxylation sites is 2. The predicted octanol–water partition coefficient (Wildman–Crippen LogP) is 14.9. The zero-order chi connectivity index (χ0) is 54.8. The SMILES string of the molecule is O=C1C=CC(=C(c2ccc(O)cc2)c2ccc(O)cc2)C=C1.O=P1(C(c2ccc(O)cc2)(c2ccc(O)cc2)c2ccc(O)cc2)Oc2ccccc2-c2ccccc21.O=[p+]1oc2ccccc2c2ccccc21.[2H]OP=O. The van der Waals surface area contributed by atoms with Gasteiger partial charge in [0.05, 0.1) is 5.30 Å². The minimum atomic E-state index is -3.93. The van der Waals surface area contributed by atoms with E-state index in [0.29, 0.717) is 33.3 Å². The highest BCUT2D eigenvalue weighted by Crippen LogP contribution is 2.71. The summed E-state index contributed by atoms with van der Waals surface area (Å²) in [6, 6.07) is 63.9. The summed E-state index contributed by atoms with van der Waals surface area (Å²) in [4.78, 5) is 14.5. The Balaban J connectivity index is 0.000000152. The molecule has 6 N–H and O–H groups in total. The monoisotopic (exact) mass is 1080 g/mol. The third-order valence-electron chi connectivity index (χ3n) is 12.8. The van der Waals surface area contributed by atoms with E-state index in [0.717, 1.165) is 49.3 Å². The van der Waals surface area contributed by atoms with E-state index in [2.05, 4.69) is 4.90 Å². The third-order valence-corrected chi connectivity index (χ3v) is 17.1. The maximum Gasteiger partial charge on any atom is 0.597 e. The molecule has 0 fully saturated rings. The largest absolute Gasteiger partial charge is 0.597 e. The number of phenols is 5. The number of carbonyl (C=O) groups is 1. The highest BCUT2D eigenvalue weighted by Gasteiger charge is 2.58. The number of aromatic hydroxyl groups is 5. The van der Waals surface area contributed by atoms with Crippen LogP contribution in [0.5, 0.6) is 34.5 Å². The number of fused-ring (bicyclic) bond motifs is 6. The Bertz CT molecular complexity index is 3830. The first-order valence-corrected chi connectivity index (χ1v) is 27.3. The van der Waals surface area contributed by atoms with Gasteiger partial charge in [0, 0.05) is 16.3 Å². The fourth-order valence-electron chi connectivity index (χ4n) is 9.43. The molecule has 0 bridgehead atoms. The highest BCUT2D eigenvalue weighted by atomic mass is 31.2. The molecule has 2 atom stereocenters. The molecule has 2 aliphatic rings. The van der Waals surface area contributed by atoms with Crippen LogP contribution < -0.4 is 9.83 Å². The Labute approximate surface area is 445 Å². The van der Waals surface area contributed by atoms with E-state index in [1.54, 1.807) is 109 Å². The average Bonchev–Trinajstić information content (AvgIpc) is 3.17. The van der Waals surface area contributed by atoms with Crippen molar-refractivity contribution in [3.63, 3.8) is 0 Å². The molecule has 1 aliphatic carbocycles. The van der Waals surface area contributed by atoms with Crippen LogP contribution in [-0.2, 0) is 23.6 Å². The Hall–Kier alpha value is -9.14. The zero-order valence-electron chi connectivity index (χ0n) is 41.5. The van der Waals surface area contributed by atoms with Crippen molar-refractivity contribution in [2.75, 3.05) is 0 Å². The van der Waals surface area contributed by atoms with Crippen LogP contribution in [0.15, 0.2) is 252 Å². The van der Waals surface area contributed by atoms with Crippen molar-refractivity contribution in [1.29, 1.82) is 1.43 Å². The van der Waals surface area contributed by atoms with Crippen LogP contribution >= 0.6 is 23.7 Å². The first kappa shape index (κ1) is 51.4. The van der Waals surface area contributed by atoms with Crippen molar-refractivity contribution in [1.82, 2.24) is 0 Å². The second kappa shape index (κ2) is 23.2. The minimum absolute atomic E-state index is 0.0421. The molecular formula is C62H46O12P3+. The van der Waals surface area contributed by atoms with Crippen LogP contribution in [0.3, 0.4) is 0 Å². The molecule has 2 heterocycles. The van der Waals surface area contributed by atoms with Crippen LogP contribution in [-0.4, -0.2) is 37.6 Å². The lowest BCUT2D eigenvalue weighted by Gasteiger charge is -2.44. The van der Waals surface area contributed by atoms with Gasteiger partial charge in [-0.3, -0.25) is 9.36 Å². The van der Waals surface area contributed by atoms with Crippen LogP contribution in [0.4, 0.5) is 0 Å². The normalized spacial score (nSPS) is 14.5. The molecular weight excluding hydrogens is 1030 g/mol. The maximum absolute atomic E-state index is 15.9. The van der Waals surface area contributed by atoms with Crippen molar-refractivity contribution in [3.05, 3.63) is 276 Å². The molecule has 0 amide bonds. The van der Waals surface area contributed by atoms with E-state index >= 15 is 4.57 Å². The van der Waals surface area contributed by atoms with E-state index in [9.17, 15) is 34.9 Å². The van der Waals surface area contributed by atoms with Gasteiger partial charge in [-0.2, -0.15) is 0 Å². The number of hydrogen-bond acceptors (Lipinski definition) is 12. The van der Waals surface area contributed by atoms with Crippen LogP contribution in [0.1, 0.15) is 27.8 Å². The van der Waals surface area contributed by atoms with Crippen molar-refractivity contribution in [2.45, 2.75) is 5.16 Å². The van der Waals surface area contributed by atoms with Gasteiger partial charge >= 0.3 is 16.3 Å². The molecule has 0 spiro atoms. The molecule has 2 unspecified atom stereocenters. The summed E-state index contributed by atoms with van der Waals surface area (Å²) >= 11 is 0. The van der Waals surface area contributed by atoms with Gasteiger partial charge in [0.15, 0.2) is 11.4 Å². The maximum atomic E-state index is 15.9. The molecule has 1 aliphatic heterocycles. The lowest BCUT2D eigenvalue weighted by atomic mass is 9.83. The van der Waals surface area contributed by atoms with Gasteiger partial charge in [0.2, 0.25) is 6.55 Å². The minimum Gasteiger partial charge on any atom is -0.508 e. The van der Waals surface area contributed by atoms with Gasteiger partial charge in [-0.15, -0.1) is 0 Å². The van der Waals surface area contributed by atoms with Gasteiger partial charge in [-0.25, -0.2) is 8.76 Å². The van der Waals surface area contributed by atoms with Crippen molar-refractivity contribution < 1.29 is 57.6 Å². The van der Waals surface area contributed by atoms with E-state index in [1.165, 1.54) is 12.2 Å². The van der Waals surface area contributed by atoms with E-state index < -0.39 is 28.9 Å². The fraction of sp³-hybridized carbons (Fsp3) is 0.0161. The summed E-state index contributed by atoms with van der Waals surface area (Å²) in [6.07, 6.45) is 6.60. The van der Waals surface area contributed by atoms with Crippen molar-refractivity contribution >= 4 is 61.8 Å². The lowest BCUT2D eigenvalue weighted by molar-refractivity contribution is -0.110. The molecule has 15 heteroatoms. The first-order chi connectivity index (χ1) is 37.8. The van der Waals surface area contributed by atoms with Crippen LogP contribution in [0, 0.1) is 0 Å². The second-order valence-electron chi connectivity index (χ2n) is 17.4. The first-order valence-electron chi connectivity index (χ1n) is 24.1. The Morgan fingerprint density at radius 1 is 0.506 bits per heavy atom. The molecule has 380 valence electrons. The van der Waals surface area contributed by atoms with Crippen LogP contribution in [0.2, 0.25) is 0 Å². The number of benzene rings is 9. The number of ketones is 1. The summed E-state index contributed by atoms with van der Waals surface area (Å²) < 4.78 is 54.1. The third kappa shape index (κ3) is 10.9. The number of rotatable bonds is 7. The average molecular weight is 1080 g/mol. The molecule has 0 saturated heterocycles. The van der Waals surface area contributed by atoms with E-state index in [-0.39, 0.29) is 34.5 Å². The van der Waals surface area contributed by atoms with Crippen molar-refractivity contribution in [2.24, 2.45) is 0 Å². The number of allylic oxidation sites excluding steroid dienone is 5. The van der Waals surface area contributed by atoms with Gasteiger partial charge in [-0.1, -0.05) is 140 Å². The molecule has 1 aromatic heterocycles. The summed E-state index contributed by atoms with van der Waals surface area (Å²) in [5, 5.41) is 51.3. The Morgan fingerprint density at radius 2 is 0.922 bits per heavy atom. The molecule has 12 nitrogen and oxygen atoms in total. The highest BCUT2D eigenvalue weighted by molar-refractivity contribution is 7.69. The van der Waals surface area contributed by atoms with Gasteiger partial charge in [0.1, 0.15) is 39.7 Å². The second-order valence-corrected chi connectivity index (χ2v) is 21.2. The Kier molecular flexibility index (Phi) is 15.5. The fourth-order valence-corrected chi connectivity index (χ4v) is 13.8. The standard InChI is InChI=1S/C31H23O5P.C19H14O3.C12H8O2P.HO2P/c32-24-15-9-21(10-16-24)31(22-11-17-25(33)18-12-22,23-13-19-26(34)20-14-23)37(35)30-8-4-2-6-28(30)27-5-1-3-7-29(27)36-37;20-16-7-1-13(2-8-16)19(14-3-9-17(21)10-4-14)15-5-11-18(22)12-6-15;13-15-12-8-4-2-6-10(12)9-5-1-3-7-11(9)14-15;1-3-2/h1-20,32-34H;1-12,20-21H;1-8H;(H,1,2)/q;;+1;/i/hD. The molecule has 9 aromatic carbocycles. The lowest BCUT2D eigenvalue weighted by Crippen LogP contribution is -2.37. The smallest absolute Gasteiger partial charge is 0.508 e. The summed E-state index contributed by atoms with van der Waals surface area (Å²) in [5.74, 6) is 1.07. The number of carbonyl (C=O) groups excluding carboxylic acids is 1. The molecule has 77 heavy (non-hydrogen) atoms. The Morgan fingerprint density at radius 3 is 1.43 bits per heavy atom. The zero-order valence-corrected chi connectivity index (χ0v) is 43.2. The molecule has 0 radical (unpaired) electrons. The molecule has 0 saturated carbocycles. The topological polar surface area (TPSA) is 212 Å². The number of phenolic OH excluding ortho intramolecular Hbond substituents is 5. The molecule has 10 aromatic rings. The predicted molar refractivity (Wildman–Crippen MR) is 301 cm³/mol. The summed E-state index contributed by atoms with van der Waals surface area (Å²) in [6.45, 7) is 0. The van der Waals surface area contributed by atoms with E-state index in [4.69, 9.17) is 14.7 Å². The van der Waals surface area contributed by atoms with Crippen molar-refractivity contribution in [3.8, 4) is 45.6 Å². The summed E-state index contributed by atoms with van der Waals surface area (Å²) in [7, 11) is -6.26. The number of hydrogen-bond donors (Lipinski definition) is 6. The van der Waals surface area contributed by atoms with E-state index in [1.807, 2.05) is 121 Å². The van der Waals surface area contributed by atoms with Gasteiger partial charge < -0.3 is 35.0 Å². The summed E-state index contributed by atoms with van der Waals surface area (Å²) in [5.41, 5.74) is 7.91. The van der Waals surface area contributed by atoms with Gasteiger partial charge in [0.25, 0.3) is 7.37 Å². The molecule has 12 rings (SSSR count).